The van der Waals surface area contributed by atoms with Gasteiger partial charge in [-0.3, -0.25) is 4.79 Å². The number of aryl methyl sites for hydroxylation is 1. The molecular weight excluding hydrogens is 412 g/mol. The van der Waals surface area contributed by atoms with Gasteiger partial charge in [-0.25, -0.2) is 0 Å². The summed E-state index contributed by atoms with van der Waals surface area (Å²) in [6.45, 7) is 2.67. The van der Waals surface area contributed by atoms with E-state index in [4.69, 9.17) is 14.2 Å². The van der Waals surface area contributed by atoms with Crippen molar-refractivity contribution in [2.45, 2.75) is 45.0 Å². The molecule has 0 saturated heterocycles. The van der Waals surface area contributed by atoms with Crippen LogP contribution in [0.25, 0.3) is 11.1 Å². The number of carbonyl (C=O) groups excluding carboxylic acids is 1. The Kier molecular flexibility index (Phi) is 6.27. The van der Waals surface area contributed by atoms with E-state index in [1.165, 1.54) is 17.4 Å². The van der Waals surface area contributed by atoms with Crippen LogP contribution in [-0.4, -0.2) is 18.0 Å². The fourth-order valence-electron chi connectivity index (χ4n) is 4.65. The minimum Gasteiger partial charge on any atom is -0.493 e. The summed E-state index contributed by atoms with van der Waals surface area (Å²) in [7, 11) is 0. The molecule has 3 unspecified atom stereocenters. The third-order valence-electron chi connectivity index (χ3n) is 6.43. The van der Waals surface area contributed by atoms with Crippen molar-refractivity contribution >= 4 is 5.78 Å². The minimum absolute atomic E-state index is 0.0236. The van der Waals surface area contributed by atoms with Gasteiger partial charge in [-0.15, -0.1) is 0 Å². The zero-order chi connectivity index (χ0) is 22.6. The van der Waals surface area contributed by atoms with Crippen LogP contribution in [0.4, 0.5) is 0 Å². The number of hydrogen-bond acceptors (Lipinski definition) is 4. The predicted octanol–water partition coefficient (Wildman–Crippen LogP) is 6.24. The highest BCUT2D eigenvalue weighted by Crippen LogP contribution is 2.35. The van der Waals surface area contributed by atoms with E-state index in [1.807, 2.05) is 42.5 Å². The molecule has 3 aromatic carbocycles. The van der Waals surface area contributed by atoms with Crippen LogP contribution >= 0.6 is 0 Å². The lowest BCUT2D eigenvalue weighted by molar-refractivity contribution is -0.134. The van der Waals surface area contributed by atoms with Gasteiger partial charge in [-0.2, -0.15) is 0 Å². The largest absolute Gasteiger partial charge is 0.493 e. The number of benzene rings is 3. The van der Waals surface area contributed by atoms with E-state index in [2.05, 4.69) is 43.3 Å². The zero-order valence-electron chi connectivity index (χ0n) is 18.8. The number of rotatable bonds is 6. The third-order valence-corrected chi connectivity index (χ3v) is 6.43. The van der Waals surface area contributed by atoms with Gasteiger partial charge in [0.05, 0.1) is 18.6 Å². The Morgan fingerprint density at radius 3 is 2.48 bits per heavy atom. The molecule has 0 radical (unpaired) electrons. The molecule has 1 heterocycles. The Balaban J connectivity index is 1.18. The van der Waals surface area contributed by atoms with Crippen molar-refractivity contribution in [3.63, 3.8) is 0 Å². The van der Waals surface area contributed by atoms with E-state index in [-0.39, 0.29) is 29.7 Å². The second kappa shape index (κ2) is 9.63. The van der Waals surface area contributed by atoms with Crippen LogP contribution in [0.2, 0.25) is 0 Å². The molecule has 4 heteroatoms. The van der Waals surface area contributed by atoms with Gasteiger partial charge in [0.2, 0.25) is 11.5 Å². The normalized spacial score (nSPS) is 22.2. The van der Waals surface area contributed by atoms with E-state index in [1.54, 1.807) is 0 Å². The smallest absolute Gasteiger partial charge is 0.207 e. The lowest BCUT2D eigenvalue weighted by Crippen LogP contribution is -2.42. The number of hydrogen-bond donors (Lipinski definition) is 0. The molecule has 0 spiro atoms. The first-order chi connectivity index (χ1) is 16.2. The Bertz CT molecular complexity index is 1130. The highest BCUT2D eigenvalue weighted by molar-refractivity contribution is 5.96. The first-order valence-electron chi connectivity index (χ1n) is 11.6. The van der Waals surface area contributed by atoms with Gasteiger partial charge in [0.1, 0.15) is 18.1 Å². The van der Waals surface area contributed by atoms with Gasteiger partial charge in [0.15, 0.2) is 0 Å². The van der Waals surface area contributed by atoms with Gasteiger partial charge in [-0.1, -0.05) is 72.3 Å². The van der Waals surface area contributed by atoms with Crippen molar-refractivity contribution in [1.29, 1.82) is 0 Å². The van der Waals surface area contributed by atoms with E-state index < -0.39 is 0 Å². The average Bonchev–Trinajstić information content (AvgIpc) is 2.85. The fraction of sp³-hybridized carbons (Fsp3) is 0.276. The van der Waals surface area contributed by atoms with Crippen molar-refractivity contribution in [2.24, 2.45) is 5.92 Å². The molecule has 5 rings (SSSR count). The Hall–Kier alpha value is -3.37. The molecule has 4 nitrogen and oxygen atoms in total. The molecule has 2 aliphatic rings. The van der Waals surface area contributed by atoms with Crippen molar-refractivity contribution in [2.75, 3.05) is 0 Å². The van der Waals surface area contributed by atoms with Gasteiger partial charge in [0, 0.05) is 6.42 Å². The van der Waals surface area contributed by atoms with Gasteiger partial charge >= 0.3 is 0 Å². The standard InChI is InChI=1S/C29H28O4/c1-20-6-5-7-21(16-20)18-31-25-14-15-26-27(17-25)32-19-28(29(26)30)33-24-12-10-23(11-13-24)22-8-3-2-4-9-22/h2-13,16,19,25-27H,14-15,17-18H2,1H3. The first kappa shape index (κ1) is 21.5. The summed E-state index contributed by atoms with van der Waals surface area (Å²) in [5, 5.41) is 0. The maximum Gasteiger partial charge on any atom is 0.207 e. The maximum absolute atomic E-state index is 13.1. The predicted molar refractivity (Wildman–Crippen MR) is 128 cm³/mol. The molecule has 1 fully saturated rings. The number of ketones is 1. The summed E-state index contributed by atoms with van der Waals surface area (Å²) in [4.78, 5) is 13.1. The lowest BCUT2D eigenvalue weighted by Gasteiger charge is -2.37. The molecule has 0 bridgehead atoms. The maximum atomic E-state index is 13.1. The van der Waals surface area contributed by atoms with Crippen LogP contribution in [0.1, 0.15) is 30.4 Å². The van der Waals surface area contributed by atoms with E-state index in [0.29, 0.717) is 12.4 Å². The summed E-state index contributed by atoms with van der Waals surface area (Å²) >= 11 is 0. The van der Waals surface area contributed by atoms with E-state index in [0.717, 1.165) is 30.4 Å². The van der Waals surface area contributed by atoms with Gasteiger partial charge < -0.3 is 14.2 Å². The highest BCUT2D eigenvalue weighted by Gasteiger charge is 2.41. The van der Waals surface area contributed by atoms with E-state index >= 15 is 0 Å². The van der Waals surface area contributed by atoms with Crippen LogP contribution < -0.4 is 4.74 Å². The number of carbonyl (C=O) groups is 1. The molecule has 1 aliphatic heterocycles. The number of fused-ring (bicyclic) bond motifs is 1. The number of ether oxygens (including phenoxy) is 3. The molecule has 3 atom stereocenters. The molecule has 33 heavy (non-hydrogen) atoms. The zero-order valence-corrected chi connectivity index (χ0v) is 18.8. The lowest BCUT2D eigenvalue weighted by atomic mass is 9.80. The third kappa shape index (κ3) is 5.01. The second-order valence-corrected chi connectivity index (χ2v) is 8.85. The quantitative estimate of drug-likeness (QED) is 0.455. The molecule has 0 N–H and O–H groups in total. The fourth-order valence-corrected chi connectivity index (χ4v) is 4.65. The molecule has 3 aromatic rings. The Labute approximate surface area is 194 Å². The molecule has 1 saturated carbocycles. The van der Waals surface area contributed by atoms with Crippen LogP contribution in [-0.2, 0) is 20.9 Å². The van der Waals surface area contributed by atoms with Gasteiger partial charge in [-0.05, 0) is 48.6 Å². The van der Waals surface area contributed by atoms with Crippen LogP contribution in [0.5, 0.6) is 5.75 Å². The van der Waals surface area contributed by atoms with Crippen LogP contribution in [0.3, 0.4) is 0 Å². The first-order valence-corrected chi connectivity index (χ1v) is 11.6. The van der Waals surface area contributed by atoms with Crippen molar-refractivity contribution < 1.29 is 19.0 Å². The molecule has 1 aliphatic carbocycles. The van der Waals surface area contributed by atoms with Crippen LogP contribution in [0, 0.1) is 12.8 Å². The SMILES string of the molecule is Cc1cccc(COC2CCC3C(=O)C(Oc4ccc(-c5ccccc5)cc4)=COC3C2)c1. The van der Waals surface area contributed by atoms with Crippen molar-refractivity contribution in [3.8, 4) is 16.9 Å². The Morgan fingerprint density at radius 1 is 0.909 bits per heavy atom. The minimum atomic E-state index is -0.174. The van der Waals surface area contributed by atoms with E-state index in [9.17, 15) is 4.79 Å². The van der Waals surface area contributed by atoms with Gasteiger partial charge in [0.25, 0.3) is 0 Å². The monoisotopic (exact) mass is 440 g/mol. The topological polar surface area (TPSA) is 44.8 Å². The summed E-state index contributed by atoms with van der Waals surface area (Å²) < 4.78 is 18.0. The number of Topliss-reactive ketones (excluding diaryl/α,β-unsaturated/α-hetero) is 1. The van der Waals surface area contributed by atoms with Crippen molar-refractivity contribution in [3.05, 3.63) is 102 Å². The van der Waals surface area contributed by atoms with Crippen LogP contribution in [0.15, 0.2) is 90.9 Å². The molecular formula is C29H28O4. The Morgan fingerprint density at radius 2 is 1.70 bits per heavy atom. The average molecular weight is 441 g/mol. The summed E-state index contributed by atoms with van der Waals surface area (Å²) in [6.07, 6.45) is 3.74. The summed E-state index contributed by atoms with van der Waals surface area (Å²) in [6, 6.07) is 26.3. The van der Waals surface area contributed by atoms with Crippen molar-refractivity contribution in [1.82, 2.24) is 0 Å². The summed E-state index contributed by atoms with van der Waals surface area (Å²) in [5.41, 5.74) is 4.65. The molecule has 0 amide bonds. The number of allylic oxidation sites excluding steroid dienone is 1. The summed E-state index contributed by atoms with van der Waals surface area (Å²) in [5.74, 6) is 0.761. The molecule has 0 aromatic heterocycles. The molecule has 168 valence electrons. The highest BCUT2D eigenvalue weighted by atomic mass is 16.5. The second-order valence-electron chi connectivity index (χ2n) is 8.85.